The molecule has 1 nitrogen and oxygen atoms in total. The van der Waals surface area contributed by atoms with Crippen molar-refractivity contribution < 1.29 is 4.74 Å². The van der Waals surface area contributed by atoms with E-state index in [0.29, 0.717) is 12.5 Å². The third kappa shape index (κ3) is 3.71. The lowest BCUT2D eigenvalue weighted by atomic mass is 10.0. The number of ether oxygens (including phenoxy) is 1. The van der Waals surface area contributed by atoms with Crippen LogP contribution in [0.2, 0.25) is 0 Å². The summed E-state index contributed by atoms with van der Waals surface area (Å²) in [5, 5.41) is 0. The van der Waals surface area contributed by atoms with Gasteiger partial charge < -0.3 is 4.74 Å². The Hall–Kier alpha value is -2.20. The lowest BCUT2D eigenvalue weighted by molar-refractivity contribution is 0.337. The molecule has 0 saturated heterocycles. The van der Waals surface area contributed by atoms with Gasteiger partial charge in [-0.05, 0) is 67.6 Å². The first-order chi connectivity index (χ1) is 10.5. The lowest BCUT2D eigenvalue weighted by Gasteiger charge is -2.10. The van der Waals surface area contributed by atoms with Crippen LogP contribution in [-0.4, -0.2) is 6.61 Å². The van der Waals surface area contributed by atoms with E-state index in [1.165, 1.54) is 16.7 Å². The molecule has 0 heterocycles. The molecule has 22 heavy (non-hydrogen) atoms. The van der Waals surface area contributed by atoms with Gasteiger partial charge in [-0.2, -0.15) is 0 Å². The normalized spacial score (nSPS) is 10.3. The van der Waals surface area contributed by atoms with Gasteiger partial charge in [0.05, 0.1) is 6.61 Å². The van der Waals surface area contributed by atoms with Crippen molar-refractivity contribution in [2.45, 2.75) is 40.5 Å². The molecule has 0 fully saturated rings. The summed E-state index contributed by atoms with van der Waals surface area (Å²) in [7, 11) is 0. The zero-order chi connectivity index (χ0) is 16.1. The highest BCUT2D eigenvalue weighted by Gasteiger charge is 2.05. The van der Waals surface area contributed by atoms with Gasteiger partial charge in [0.1, 0.15) is 5.75 Å². The van der Waals surface area contributed by atoms with Crippen molar-refractivity contribution in [3.8, 4) is 17.6 Å². The highest BCUT2D eigenvalue weighted by Crippen LogP contribution is 2.24. The maximum atomic E-state index is 5.62. The van der Waals surface area contributed by atoms with Gasteiger partial charge >= 0.3 is 0 Å². The van der Waals surface area contributed by atoms with Crippen molar-refractivity contribution in [2.75, 3.05) is 6.61 Å². The molecule has 0 aliphatic heterocycles. The second-order valence-corrected chi connectivity index (χ2v) is 5.82. The molecule has 2 aromatic carbocycles. The van der Waals surface area contributed by atoms with Crippen molar-refractivity contribution in [1.82, 2.24) is 0 Å². The number of benzene rings is 2. The van der Waals surface area contributed by atoms with Gasteiger partial charge in [0, 0.05) is 11.1 Å². The van der Waals surface area contributed by atoms with Crippen LogP contribution in [0, 0.1) is 25.7 Å². The molecule has 0 radical (unpaired) electrons. The Labute approximate surface area is 134 Å². The first-order valence-corrected chi connectivity index (χ1v) is 7.88. The summed E-state index contributed by atoms with van der Waals surface area (Å²) < 4.78 is 5.62. The van der Waals surface area contributed by atoms with Crippen molar-refractivity contribution >= 4 is 0 Å². The minimum Gasteiger partial charge on any atom is -0.494 e. The Morgan fingerprint density at radius 1 is 0.909 bits per heavy atom. The van der Waals surface area contributed by atoms with Gasteiger partial charge in [0.25, 0.3) is 0 Å². The Morgan fingerprint density at radius 2 is 1.59 bits per heavy atom. The minimum atomic E-state index is 0.554. The number of hydrogen-bond acceptors (Lipinski definition) is 1. The standard InChI is InChI=1S/C21H24O/c1-6-22-21-14-13-20(16(4)17(21)5)12-9-18-7-10-19(11-8-18)15(2)3/h7-8,10-11,13-15H,6H2,1-5H3. The van der Waals surface area contributed by atoms with Gasteiger partial charge in [-0.15, -0.1) is 0 Å². The molecule has 114 valence electrons. The fourth-order valence-corrected chi connectivity index (χ4v) is 2.33. The molecule has 0 amide bonds. The van der Waals surface area contributed by atoms with E-state index in [-0.39, 0.29) is 0 Å². The second kappa shape index (κ2) is 7.18. The minimum absolute atomic E-state index is 0.554. The quantitative estimate of drug-likeness (QED) is 0.704. The Kier molecular flexibility index (Phi) is 5.28. The van der Waals surface area contributed by atoms with Crippen LogP contribution in [0.3, 0.4) is 0 Å². The molecule has 1 heteroatoms. The summed E-state index contributed by atoms with van der Waals surface area (Å²) in [5.74, 6) is 8.04. The molecular formula is C21H24O. The van der Waals surface area contributed by atoms with Crippen LogP contribution in [0.15, 0.2) is 36.4 Å². The average molecular weight is 292 g/mol. The Balaban J connectivity index is 2.26. The summed E-state index contributed by atoms with van der Waals surface area (Å²) in [6, 6.07) is 12.6. The van der Waals surface area contributed by atoms with Crippen LogP contribution < -0.4 is 4.74 Å². The van der Waals surface area contributed by atoms with Crippen molar-refractivity contribution in [1.29, 1.82) is 0 Å². The molecule has 2 aromatic rings. The van der Waals surface area contributed by atoms with E-state index in [9.17, 15) is 0 Å². The predicted molar refractivity (Wildman–Crippen MR) is 93.6 cm³/mol. The lowest BCUT2D eigenvalue weighted by Crippen LogP contribution is -1.97. The molecule has 0 atom stereocenters. The summed E-state index contributed by atoms with van der Waals surface area (Å²) in [5.41, 5.74) is 5.82. The summed E-state index contributed by atoms with van der Waals surface area (Å²) >= 11 is 0. The first-order valence-electron chi connectivity index (χ1n) is 7.88. The maximum Gasteiger partial charge on any atom is 0.122 e. The molecule has 0 spiro atoms. The third-order valence-corrected chi connectivity index (χ3v) is 3.96. The molecule has 2 rings (SSSR count). The van der Waals surface area contributed by atoms with Gasteiger partial charge in [0.15, 0.2) is 0 Å². The van der Waals surface area contributed by atoms with E-state index in [1.54, 1.807) is 0 Å². The largest absolute Gasteiger partial charge is 0.494 e. The van der Waals surface area contributed by atoms with Crippen molar-refractivity contribution in [3.05, 3.63) is 64.2 Å². The van der Waals surface area contributed by atoms with Gasteiger partial charge in [-0.25, -0.2) is 0 Å². The summed E-state index contributed by atoms with van der Waals surface area (Å²) in [6.45, 7) is 11.3. The predicted octanol–water partition coefficient (Wildman–Crippen LogP) is 5.23. The third-order valence-electron chi connectivity index (χ3n) is 3.96. The fraction of sp³-hybridized carbons (Fsp3) is 0.333. The molecular weight excluding hydrogens is 268 g/mol. The zero-order valence-electron chi connectivity index (χ0n) is 14.2. The van der Waals surface area contributed by atoms with Gasteiger partial charge in [0.2, 0.25) is 0 Å². The van der Waals surface area contributed by atoms with Crippen LogP contribution >= 0.6 is 0 Å². The van der Waals surface area contributed by atoms with Gasteiger partial charge in [-0.3, -0.25) is 0 Å². The van der Waals surface area contributed by atoms with Crippen LogP contribution in [0.4, 0.5) is 0 Å². The second-order valence-electron chi connectivity index (χ2n) is 5.82. The smallest absolute Gasteiger partial charge is 0.122 e. The molecule has 0 N–H and O–H groups in total. The average Bonchev–Trinajstić information content (AvgIpc) is 2.51. The molecule has 0 saturated carbocycles. The first kappa shape index (κ1) is 16.2. The zero-order valence-corrected chi connectivity index (χ0v) is 14.2. The summed E-state index contributed by atoms with van der Waals surface area (Å²) in [4.78, 5) is 0. The molecule has 0 aliphatic rings. The topological polar surface area (TPSA) is 9.23 Å². The van der Waals surface area contributed by atoms with Crippen LogP contribution in [0.5, 0.6) is 5.75 Å². The highest BCUT2D eigenvalue weighted by atomic mass is 16.5. The molecule has 0 unspecified atom stereocenters. The van der Waals surface area contributed by atoms with Gasteiger partial charge in [-0.1, -0.05) is 37.8 Å². The maximum absolute atomic E-state index is 5.62. The van der Waals surface area contributed by atoms with E-state index in [2.05, 4.69) is 63.8 Å². The van der Waals surface area contributed by atoms with Crippen LogP contribution in [0.25, 0.3) is 0 Å². The van der Waals surface area contributed by atoms with E-state index in [4.69, 9.17) is 4.74 Å². The molecule has 0 aliphatic carbocycles. The fourth-order valence-electron chi connectivity index (χ4n) is 2.33. The van der Waals surface area contributed by atoms with Crippen LogP contribution in [-0.2, 0) is 0 Å². The Bertz CT molecular complexity index is 697. The summed E-state index contributed by atoms with van der Waals surface area (Å²) in [6.07, 6.45) is 0. The van der Waals surface area contributed by atoms with E-state index in [0.717, 1.165) is 16.9 Å². The monoisotopic (exact) mass is 292 g/mol. The van der Waals surface area contributed by atoms with Crippen molar-refractivity contribution in [3.63, 3.8) is 0 Å². The highest BCUT2D eigenvalue weighted by molar-refractivity contribution is 5.52. The SMILES string of the molecule is CCOc1ccc(C#Cc2ccc(C(C)C)cc2)c(C)c1C. The van der Waals surface area contributed by atoms with E-state index in [1.807, 2.05) is 19.1 Å². The molecule has 0 bridgehead atoms. The van der Waals surface area contributed by atoms with E-state index >= 15 is 0 Å². The number of hydrogen-bond donors (Lipinski definition) is 0. The number of rotatable bonds is 3. The van der Waals surface area contributed by atoms with Crippen LogP contribution in [0.1, 0.15) is 54.5 Å². The van der Waals surface area contributed by atoms with Crippen molar-refractivity contribution in [2.24, 2.45) is 0 Å². The Morgan fingerprint density at radius 3 is 2.18 bits per heavy atom. The van der Waals surface area contributed by atoms with E-state index < -0.39 is 0 Å². The molecule has 0 aromatic heterocycles.